The van der Waals surface area contributed by atoms with E-state index in [9.17, 15) is 14.4 Å². The van der Waals surface area contributed by atoms with Crippen molar-refractivity contribution in [2.24, 2.45) is 5.10 Å². The summed E-state index contributed by atoms with van der Waals surface area (Å²) in [6.45, 7) is 2.06. The largest absolute Gasteiger partial charge is 0.497 e. The van der Waals surface area contributed by atoms with Crippen molar-refractivity contribution in [3.05, 3.63) is 78.4 Å². The lowest BCUT2D eigenvalue weighted by molar-refractivity contribution is -0.136. The van der Waals surface area contributed by atoms with Gasteiger partial charge in [-0.25, -0.2) is 5.43 Å². The summed E-state index contributed by atoms with van der Waals surface area (Å²) < 4.78 is 16.0. The van der Waals surface area contributed by atoms with E-state index in [1.807, 2.05) is 6.92 Å². The van der Waals surface area contributed by atoms with Crippen LogP contribution in [0.5, 0.6) is 17.2 Å². The van der Waals surface area contributed by atoms with Crippen molar-refractivity contribution in [3.63, 3.8) is 0 Å². The third kappa shape index (κ3) is 7.87. The van der Waals surface area contributed by atoms with Gasteiger partial charge in [0.2, 0.25) is 0 Å². The molecule has 0 heterocycles. The third-order valence-corrected chi connectivity index (χ3v) is 4.62. The molecular formula is C26H26N4O6. The molecule has 0 bridgehead atoms. The number of carbonyl (C=O) groups excluding carboxylic acids is 3. The molecule has 36 heavy (non-hydrogen) atoms. The van der Waals surface area contributed by atoms with Crippen molar-refractivity contribution in [1.82, 2.24) is 5.43 Å². The highest BCUT2D eigenvalue weighted by Gasteiger charge is 2.15. The second-order valence-electron chi connectivity index (χ2n) is 7.22. The van der Waals surface area contributed by atoms with Crippen LogP contribution in [-0.4, -0.2) is 44.3 Å². The maximum atomic E-state index is 12.1. The van der Waals surface area contributed by atoms with Gasteiger partial charge in [0, 0.05) is 11.8 Å². The Morgan fingerprint density at radius 3 is 2.39 bits per heavy atom. The zero-order valence-electron chi connectivity index (χ0n) is 19.8. The molecule has 3 N–H and O–H groups in total. The molecule has 3 aromatic rings. The Hall–Kier alpha value is -4.86. The van der Waals surface area contributed by atoms with E-state index < -0.39 is 11.8 Å². The number of carbonyl (C=O) groups is 3. The molecule has 3 amide bonds. The number of hydrazone groups is 1. The number of hydrogen-bond acceptors (Lipinski definition) is 7. The molecule has 0 atom stereocenters. The van der Waals surface area contributed by atoms with Crippen LogP contribution in [0.4, 0.5) is 11.4 Å². The zero-order valence-corrected chi connectivity index (χ0v) is 19.8. The van der Waals surface area contributed by atoms with Crippen LogP contribution < -0.4 is 30.3 Å². The van der Waals surface area contributed by atoms with E-state index in [2.05, 4.69) is 21.2 Å². The van der Waals surface area contributed by atoms with Crippen LogP contribution in [0.2, 0.25) is 0 Å². The average molecular weight is 491 g/mol. The van der Waals surface area contributed by atoms with E-state index in [4.69, 9.17) is 14.2 Å². The highest BCUT2D eigenvalue weighted by Crippen LogP contribution is 2.23. The molecule has 0 radical (unpaired) electrons. The number of anilines is 2. The Balaban J connectivity index is 1.44. The van der Waals surface area contributed by atoms with E-state index in [1.54, 1.807) is 79.9 Å². The predicted molar refractivity (Wildman–Crippen MR) is 136 cm³/mol. The second kappa shape index (κ2) is 13.1. The number of ether oxygens (including phenoxy) is 3. The molecule has 0 saturated heterocycles. The molecule has 10 heteroatoms. The van der Waals surface area contributed by atoms with Gasteiger partial charge < -0.3 is 24.8 Å². The number of nitrogens with one attached hydrogen (secondary N) is 3. The van der Waals surface area contributed by atoms with Gasteiger partial charge in [0.15, 0.2) is 6.61 Å². The van der Waals surface area contributed by atoms with Gasteiger partial charge in [-0.05, 0) is 61.0 Å². The molecular weight excluding hydrogens is 464 g/mol. The lowest BCUT2D eigenvalue weighted by Crippen LogP contribution is -2.32. The number of benzene rings is 3. The van der Waals surface area contributed by atoms with Crippen LogP contribution in [0.15, 0.2) is 77.9 Å². The second-order valence-corrected chi connectivity index (χ2v) is 7.22. The minimum absolute atomic E-state index is 0.178. The fourth-order valence-corrected chi connectivity index (χ4v) is 2.94. The molecule has 0 spiro atoms. The lowest BCUT2D eigenvalue weighted by Gasteiger charge is -2.10. The number of hydrogen-bond donors (Lipinski definition) is 3. The summed E-state index contributed by atoms with van der Waals surface area (Å²) in [6, 6.07) is 20.5. The molecule has 0 saturated carbocycles. The third-order valence-electron chi connectivity index (χ3n) is 4.62. The molecule has 3 aromatic carbocycles. The van der Waals surface area contributed by atoms with Crippen molar-refractivity contribution < 1.29 is 28.6 Å². The van der Waals surface area contributed by atoms with Gasteiger partial charge in [-0.1, -0.05) is 18.2 Å². The van der Waals surface area contributed by atoms with Gasteiger partial charge in [-0.3, -0.25) is 14.4 Å². The van der Waals surface area contributed by atoms with Crippen molar-refractivity contribution in [2.75, 3.05) is 31.0 Å². The zero-order chi connectivity index (χ0) is 25.8. The SMILES string of the molecule is CCOc1ccccc1NC(=O)C(=O)N/N=C\c1ccc(OCC(=O)Nc2cccc(OC)c2)cc1. The van der Waals surface area contributed by atoms with Crippen molar-refractivity contribution in [1.29, 1.82) is 0 Å². The summed E-state index contributed by atoms with van der Waals surface area (Å²) in [5.41, 5.74) is 3.80. The smallest absolute Gasteiger partial charge is 0.329 e. The van der Waals surface area contributed by atoms with E-state index in [1.165, 1.54) is 6.21 Å². The highest BCUT2D eigenvalue weighted by atomic mass is 16.5. The Morgan fingerprint density at radius 1 is 0.861 bits per heavy atom. The fraction of sp³-hybridized carbons (Fsp3) is 0.154. The van der Waals surface area contributed by atoms with Crippen molar-refractivity contribution >= 4 is 35.3 Å². The van der Waals surface area contributed by atoms with Crippen LogP contribution in [0.3, 0.4) is 0 Å². The Labute approximate surface area is 208 Å². The first kappa shape index (κ1) is 25.8. The number of para-hydroxylation sites is 2. The van der Waals surface area contributed by atoms with Crippen molar-refractivity contribution in [3.8, 4) is 17.2 Å². The van der Waals surface area contributed by atoms with Gasteiger partial charge in [-0.2, -0.15) is 5.10 Å². The van der Waals surface area contributed by atoms with Gasteiger partial charge >= 0.3 is 11.8 Å². The quantitative estimate of drug-likeness (QED) is 0.228. The molecule has 0 aliphatic rings. The molecule has 0 aromatic heterocycles. The first-order valence-electron chi connectivity index (χ1n) is 11.0. The van der Waals surface area contributed by atoms with Gasteiger partial charge in [0.25, 0.3) is 5.91 Å². The molecule has 3 rings (SSSR count). The monoisotopic (exact) mass is 490 g/mol. The van der Waals surface area contributed by atoms with Crippen LogP contribution >= 0.6 is 0 Å². The molecule has 0 unspecified atom stereocenters. The van der Waals surface area contributed by atoms with E-state index in [-0.39, 0.29) is 12.5 Å². The van der Waals surface area contributed by atoms with Crippen LogP contribution in [0.1, 0.15) is 12.5 Å². The molecule has 186 valence electrons. The average Bonchev–Trinajstić information content (AvgIpc) is 2.89. The van der Waals surface area contributed by atoms with E-state index >= 15 is 0 Å². The van der Waals surface area contributed by atoms with Crippen molar-refractivity contribution in [2.45, 2.75) is 6.92 Å². The topological polar surface area (TPSA) is 127 Å². The van der Waals surface area contributed by atoms with Crippen LogP contribution in [-0.2, 0) is 14.4 Å². The molecule has 0 aliphatic heterocycles. The molecule has 0 fully saturated rings. The number of amides is 3. The number of methoxy groups -OCH3 is 1. The Morgan fingerprint density at radius 2 is 1.64 bits per heavy atom. The number of rotatable bonds is 10. The van der Waals surface area contributed by atoms with E-state index in [0.29, 0.717) is 40.8 Å². The van der Waals surface area contributed by atoms with Gasteiger partial charge in [0.1, 0.15) is 17.2 Å². The summed E-state index contributed by atoms with van der Waals surface area (Å²) in [7, 11) is 1.55. The maximum Gasteiger partial charge on any atom is 0.329 e. The Kier molecular flexibility index (Phi) is 9.40. The van der Waals surface area contributed by atoms with E-state index in [0.717, 1.165) is 0 Å². The highest BCUT2D eigenvalue weighted by molar-refractivity contribution is 6.39. The number of nitrogens with zero attached hydrogens (tertiary/aromatic N) is 1. The fourth-order valence-electron chi connectivity index (χ4n) is 2.94. The standard InChI is InChI=1S/C26H26N4O6/c1-3-35-23-10-5-4-9-22(23)29-25(32)26(33)30-27-16-18-11-13-20(14-12-18)36-17-24(31)28-19-7-6-8-21(15-19)34-2/h4-16H,3,17H2,1-2H3,(H,28,31)(H,29,32)(H,30,33)/b27-16-. The summed E-state index contributed by atoms with van der Waals surface area (Å²) in [5, 5.41) is 9.01. The first-order valence-corrected chi connectivity index (χ1v) is 11.0. The summed E-state index contributed by atoms with van der Waals surface area (Å²) >= 11 is 0. The first-order chi connectivity index (χ1) is 17.5. The Bertz CT molecular complexity index is 1230. The molecule has 0 aliphatic carbocycles. The minimum atomic E-state index is -0.931. The molecule has 10 nitrogen and oxygen atoms in total. The van der Waals surface area contributed by atoms with Crippen LogP contribution in [0, 0.1) is 0 Å². The lowest BCUT2D eigenvalue weighted by atomic mass is 10.2. The minimum Gasteiger partial charge on any atom is -0.497 e. The normalized spacial score (nSPS) is 10.4. The summed E-state index contributed by atoms with van der Waals surface area (Å²) in [6.07, 6.45) is 1.37. The van der Waals surface area contributed by atoms with Gasteiger partial charge in [0.05, 0.1) is 25.6 Å². The maximum absolute atomic E-state index is 12.1. The summed E-state index contributed by atoms with van der Waals surface area (Å²) in [5.74, 6) is -0.558. The van der Waals surface area contributed by atoms with Crippen LogP contribution in [0.25, 0.3) is 0 Å². The van der Waals surface area contributed by atoms with Gasteiger partial charge in [-0.15, -0.1) is 0 Å². The predicted octanol–water partition coefficient (Wildman–Crippen LogP) is 3.20. The summed E-state index contributed by atoms with van der Waals surface area (Å²) in [4.78, 5) is 36.3.